The van der Waals surface area contributed by atoms with Crippen molar-refractivity contribution in [2.24, 2.45) is 0 Å². The summed E-state index contributed by atoms with van der Waals surface area (Å²) in [5, 5.41) is 6.91. The minimum atomic E-state index is 0.391. The van der Waals surface area contributed by atoms with E-state index in [9.17, 15) is 0 Å². The summed E-state index contributed by atoms with van der Waals surface area (Å²) < 4.78 is 5.33. The van der Waals surface area contributed by atoms with Crippen LogP contribution in [0.25, 0.3) is 0 Å². The molecule has 0 unspecified atom stereocenters. The molecule has 2 rings (SSSR count). The average molecular weight is 316 g/mol. The molecule has 110 valence electrons. The van der Waals surface area contributed by atoms with Gasteiger partial charge in [0.15, 0.2) is 5.11 Å². The third-order valence-electron chi connectivity index (χ3n) is 2.78. The van der Waals surface area contributed by atoms with Gasteiger partial charge < -0.3 is 20.3 Å². The van der Waals surface area contributed by atoms with Crippen molar-refractivity contribution in [3.63, 3.8) is 0 Å². The van der Waals surface area contributed by atoms with Crippen LogP contribution in [0.15, 0.2) is 6.07 Å². The fraction of sp³-hybridized carbons (Fsp3) is 0.583. The van der Waals surface area contributed by atoms with Crippen molar-refractivity contribution in [2.75, 3.05) is 43.1 Å². The molecule has 0 amide bonds. The fourth-order valence-electron chi connectivity index (χ4n) is 1.80. The number of hydrogen-bond donors (Lipinski definition) is 2. The Balaban J connectivity index is 2.05. The Morgan fingerprint density at radius 2 is 2.20 bits per heavy atom. The van der Waals surface area contributed by atoms with Crippen molar-refractivity contribution in [3.05, 3.63) is 11.2 Å². The van der Waals surface area contributed by atoms with Gasteiger partial charge in [0.05, 0.1) is 13.2 Å². The Hall–Kier alpha value is -1.18. The average Bonchev–Trinajstić information content (AvgIpc) is 2.45. The Kier molecular flexibility index (Phi) is 5.75. The van der Waals surface area contributed by atoms with E-state index in [0.717, 1.165) is 31.9 Å². The molecule has 1 fully saturated rings. The first-order valence-corrected chi connectivity index (χ1v) is 7.40. The van der Waals surface area contributed by atoms with Gasteiger partial charge in [0.2, 0.25) is 5.95 Å². The van der Waals surface area contributed by atoms with Gasteiger partial charge in [0.1, 0.15) is 11.0 Å². The molecule has 0 radical (unpaired) electrons. The second-order valence-corrected chi connectivity index (χ2v) is 5.15. The highest BCUT2D eigenvalue weighted by Crippen LogP contribution is 2.19. The van der Waals surface area contributed by atoms with Gasteiger partial charge in [0, 0.05) is 25.7 Å². The second kappa shape index (κ2) is 7.56. The van der Waals surface area contributed by atoms with Crippen molar-refractivity contribution in [1.82, 2.24) is 15.3 Å². The Morgan fingerprint density at radius 1 is 1.45 bits per heavy atom. The summed E-state index contributed by atoms with van der Waals surface area (Å²) in [6.07, 6.45) is 0.997. The van der Waals surface area contributed by atoms with Gasteiger partial charge in [-0.05, 0) is 18.6 Å². The van der Waals surface area contributed by atoms with E-state index in [1.165, 1.54) is 0 Å². The van der Waals surface area contributed by atoms with Crippen LogP contribution in [0, 0.1) is 0 Å². The normalized spacial score (nSPS) is 15.0. The summed E-state index contributed by atoms with van der Waals surface area (Å²) in [5.74, 6) is 1.20. The number of thiocarbonyl (C=S) groups is 1. The molecule has 0 aliphatic carbocycles. The van der Waals surface area contributed by atoms with Gasteiger partial charge in [-0.25, -0.2) is 4.98 Å². The minimum Gasteiger partial charge on any atom is -0.378 e. The third-order valence-corrected chi connectivity index (χ3v) is 3.22. The van der Waals surface area contributed by atoms with Crippen LogP contribution in [0.3, 0.4) is 0 Å². The number of hydrogen-bond acceptors (Lipinski definition) is 5. The van der Waals surface area contributed by atoms with Gasteiger partial charge in [-0.15, -0.1) is 0 Å². The van der Waals surface area contributed by atoms with Crippen LogP contribution in [-0.4, -0.2) is 47.9 Å². The third kappa shape index (κ3) is 4.43. The van der Waals surface area contributed by atoms with E-state index in [0.29, 0.717) is 29.4 Å². The van der Waals surface area contributed by atoms with Gasteiger partial charge in [-0.3, -0.25) is 0 Å². The zero-order valence-corrected chi connectivity index (χ0v) is 12.9. The monoisotopic (exact) mass is 315 g/mol. The Bertz CT molecular complexity index is 467. The first-order chi connectivity index (χ1) is 9.69. The van der Waals surface area contributed by atoms with E-state index in [2.05, 4.69) is 32.4 Å². The maximum Gasteiger partial charge on any atom is 0.232 e. The summed E-state index contributed by atoms with van der Waals surface area (Å²) in [5.41, 5.74) is 0. The molecule has 6 nitrogen and oxygen atoms in total. The highest BCUT2D eigenvalue weighted by atomic mass is 35.5. The molecule has 20 heavy (non-hydrogen) atoms. The van der Waals surface area contributed by atoms with E-state index in [1.807, 2.05) is 0 Å². The van der Waals surface area contributed by atoms with E-state index < -0.39 is 0 Å². The van der Waals surface area contributed by atoms with Crippen molar-refractivity contribution in [1.29, 1.82) is 0 Å². The fourth-order valence-corrected chi connectivity index (χ4v) is 2.17. The summed E-state index contributed by atoms with van der Waals surface area (Å²) in [6, 6.07) is 1.75. The summed E-state index contributed by atoms with van der Waals surface area (Å²) in [6.45, 7) is 5.86. The van der Waals surface area contributed by atoms with Crippen LogP contribution in [0.4, 0.5) is 11.8 Å². The van der Waals surface area contributed by atoms with Crippen molar-refractivity contribution >= 4 is 40.7 Å². The van der Waals surface area contributed by atoms with Crippen LogP contribution in [-0.2, 0) is 4.74 Å². The molecule has 0 bridgehead atoms. The zero-order chi connectivity index (χ0) is 14.4. The number of morpholine rings is 1. The van der Waals surface area contributed by atoms with E-state index >= 15 is 0 Å². The lowest BCUT2D eigenvalue weighted by Gasteiger charge is -2.28. The lowest BCUT2D eigenvalue weighted by molar-refractivity contribution is 0.122. The maximum absolute atomic E-state index is 6.04. The van der Waals surface area contributed by atoms with Gasteiger partial charge in [-0.1, -0.05) is 18.5 Å². The molecular weight excluding hydrogens is 298 g/mol. The summed E-state index contributed by atoms with van der Waals surface area (Å²) in [7, 11) is 0. The second-order valence-electron chi connectivity index (χ2n) is 4.35. The van der Waals surface area contributed by atoms with E-state index in [4.69, 9.17) is 28.6 Å². The number of nitrogens with one attached hydrogen (secondary N) is 2. The number of ether oxygens (including phenoxy) is 1. The first-order valence-electron chi connectivity index (χ1n) is 6.61. The molecule has 0 atom stereocenters. The number of halogens is 1. The molecule has 2 N–H and O–H groups in total. The number of anilines is 2. The molecular formula is C12H18ClN5OS. The quantitative estimate of drug-likeness (QED) is 0.647. The molecule has 1 aromatic heterocycles. The molecule has 1 saturated heterocycles. The van der Waals surface area contributed by atoms with Gasteiger partial charge in [-0.2, -0.15) is 4.98 Å². The van der Waals surface area contributed by atoms with Gasteiger partial charge in [0.25, 0.3) is 0 Å². The Labute approximate surface area is 128 Å². The lowest BCUT2D eigenvalue weighted by atomic mass is 10.4. The number of nitrogens with zero attached hydrogens (tertiary/aromatic N) is 3. The van der Waals surface area contributed by atoms with Crippen LogP contribution < -0.4 is 15.5 Å². The molecule has 0 aromatic carbocycles. The number of rotatable bonds is 4. The molecule has 0 spiro atoms. The highest BCUT2D eigenvalue weighted by Gasteiger charge is 2.14. The van der Waals surface area contributed by atoms with Gasteiger partial charge >= 0.3 is 0 Å². The molecule has 1 aromatic rings. The summed E-state index contributed by atoms with van der Waals surface area (Å²) >= 11 is 11.2. The van der Waals surface area contributed by atoms with Crippen LogP contribution >= 0.6 is 23.8 Å². The largest absolute Gasteiger partial charge is 0.378 e. The van der Waals surface area contributed by atoms with Crippen molar-refractivity contribution in [3.8, 4) is 0 Å². The van der Waals surface area contributed by atoms with Crippen molar-refractivity contribution in [2.45, 2.75) is 13.3 Å². The minimum absolute atomic E-state index is 0.391. The summed E-state index contributed by atoms with van der Waals surface area (Å²) in [4.78, 5) is 10.7. The highest BCUT2D eigenvalue weighted by molar-refractivity contribution is 7.80. The van der Waals surface area contributed by atoms with Crippen LogP contribution in [0.5, 0.6) is 0 Å². The van der Waals surface area contributed by atoms with E-state index in [1.54, 1.807) is 6.07 Å². The maximum atomic E-state index is 6.04. The van der Waals surface area contributed by atoms with Crippen LogP contribution in [0.2, 0.25) is 5.15 Å². The topological polar surface area (TPSA) is 62.3 Å². The van der Waals surface area contributed by atoms with E-state index in [-0.39, 0.29) is 0 Å². The molecule has 8 heteroatoms. The molecule has 1 aliphatic heterocycles. The lowest BCUT2D eigenvalue weighted by Crippen LogP contribution is -2.37. The SMILES string of the molecule is CCCNC(=S)Nc1nc(Cl)cc(N2CCOCC2)n1. The molecule has 2 heterocycles. The predicted octanol–water partition coefficient (Wildman–Crippen LogP) is 1.66. The number of aromatic nitrogens is 2. The standard InChI is InChI=1S/C12H18ClN5OS/c1-2-3-14-12(20)17-11-15-9(13)8-10(16-11)18-4-6-19-7-5-18/h8H,2-7H2,1H3,(H2,14,15,16,17,20). The van der Waals surface area contributed by atoms with Crippen LogP contribution in [0.1, 0.15) is 13.3 Å². The smallest absolute Gasteiger partial charge is 0.232 e. The molecule has 1 aliphatic rings. The predicted molar refractivity (Wildman–Crippen MR) is 84.6 cm³/mol. The Morgan fingerprint density at radius 3 is 2.90 bits per heavy atom. The van der Waals surface area contributed by atoms with Crippen molar-refractivity contribution < 1.29 is 4.74 Å². The zero-order valence-electron chi connectivity index (χ0n) is 11.4. The molecule has 0 saturated carbocycles. The first kappa shape index (κ1) is 15.2.